The molecule has 0 heterocycles. The van der Waals surface area contributed by atoms with Crippen LogP contribution in [0.2, 0.25) is 0 Å². The zero-order chi connectivity index (χ0) is 17.8. The monoisotopic (exact) mass is 335 g/mol. The van der Waals surface area contributed by atoms with Gasteiger partial charge in [0.1, 0.15) is 18.5 Å². The first kappa shape index (κ1) is 19.2. The van der Waals surface area contributed by atoms with E-state index in [4.69, 9.17) is 4.74 Å². The fraction of sp³-hybridized carbons (Fsp3) is 0.700. The van der Waals surface area contributed by atoms with Gasteiger partial charge in [-0.05, 0) is 55.7 Å². The van der Waals surface area contributed by atoms with E-state index in [2.05, 4.69) is 38.2 Å². The Morgan fingerprint density at radius 1 is 1.21 bits per heavy atom. The molecule has 1 fully saturated rings. The summed E-state index contributed by atoms with van der Waals surface area (Å²) in [6, 6.07) is 8.46. The first-order valence-electron chi connectivity index (χ1n) is 9.03. The Balaban J connectivity index is 1.69. The molecule has 4 heteroatoms. The maximum Gasteiger partial charge on any atom is 0.119 e. The van der Waals surface area contributed by atoms with Crippen molar-refractivity contribution in [2.24, 2.45) is 0 Å². The molecule has 0 aromatic heterocycles. The molecule has 4 nitrogen and oxygen atoms in total. The highest BCUT2D eigenvalue weighted by Crippen LogP contribution is 2.27. The second-order valence-electron chi connectivity index (χ2n) is 8.42. The molecule has 24 heavy (non-hydrogen) atoms. The maximum atomic E-state index is 10.1. The summed E-state index contributed by atoms with van der Waals surface area (Å²) < 4.78 is 5.68. The van der Waals surface area contributed by atoms with Crippen LogP contribution in [-0.4, -0.2) is 41.1 Å². The number of rotatable bonds is 6. The van der Waals surface area contributed by atoms with E-state index in [0.29, 0.717) is 12.6 Å². The number of ether oxygens (including phenoxy) is 1. The van der Waals surface area contributed by atoms with Gasteiger partial charge < -0.3 is 20.3 Å². The van der Waals surface area contributed by atoms with E-state index in [9.17, 15) is 10.2 Å². The maximum absolute atomic E-state index is 10.1. The van der Waals surface area contributed by atoms with Crippen LogP contribution in [0.5, 0.6) is 5.75 Å². The molecule has 0 saturated heterocycles. The van der Waals surface area contributed by atoms with Crippen molar-refractivity contribution in [3.8, 4) is 5.75 Å². The largest absolute Gasteiger partial charge is 0.491 e. The summed E-state index contributed by atoms with van der Waals surface area (Å²) >= 11 is 0. The van der Waals surface area contributed by atoms with Gasteiger partial charge in [0, 0.05) is 12.6 Å². The van der Waals surface area contributed by atoms with E-state index < -0.39 is 11.7 Å². The Morgan fingerprint density at radius 3 is 2.33 bits per heavy atom. The van der Waals surface area contributed by atoms with Gasteiger partial charge in [-0.25, -0.2) is 0 Å². The molecular weight excluding hydrogens is 302 g/mol. The van der Waals surface area contributed by atoms with Crippen LogP contribution in [-0.2, 0) is 5.41 Å². The van der Waals surface area contributed by atoms with Gasteiger partial charge in [-0.3, -0.25) is 0 Å². The Kier molecular flexibility index (Phi) is 6.29. The molecule has 0 aliphatic heterocycles. The minimum absolute atomic E-state index is 0.132. The molecule has 1 atom stereocenters. The Bertz CT molecular complexity index is 495. The quantitative estimate of drug-likeness (QED) is 0.748. The predicted molar refractivity (Wildman–Crippen MR) is 97.5 cm³/mol. The van der Waals surface area contributed by atoms with Gasteiger partial charge in [0.05, 0.1) is 5.60 Å². The third-order valence-electron chi connectivity index (χ3n) is 4.87. The lowest BCUT2D eigenvalue weighted by Gasteiger charge is -2.33. The van der Waals surface area contributed by atoms with E-state index in [-0.39, 0.29) is 12.0 Å². The lowest BCUT2D eigenvalue weighted by atomic mass is 9.83. The molecule has 0 spiro atoms. The molecule has 0 amide bonds. The Hall–Kier alpha value is -1.10. The van der Waals surface area contributed by atoms with E-state index in [1.165, 1.54) is 5.56 Å². The summed E-state index contributed by atoms with van der Waals surface area (Å²) in [7, 11) is 0. The average molecular weight is 335 g/mol. The van der Waals surface area contributed by atoms with Gasteiger partial charge in [0.25, 0.3) is 0 Å². The lowest BCUT2D eigenvalue weighted by Crippen LogP contribution is -2.43. The highest BCUT2D eigenvalue weighted by molar-refractivity contribution is 5.31. The average Bonchev–Trinajstić information content (AvgIpc) is 2.51. The zero-order valence-corrected chi connectivity index (χ0v) is 15.5. The minimum atomic E-state index is -0.533. The molecule has 1 aromatic rings. The second-order valence-corrected chi connectivity index (χ2v) is 8.42. The zero-order valence-electron chi connectivity index (χ0n) is 15.5. The van der Waals surface area contributed by atoms with Gasteiger partial charge in [-0.2, -0.15) is 0 Å². The summed E-state index contributed by atoms with van der Waals surface area (Å²) in [5.41, 5.74) is 0.886. The normalized spacial score (nSPS) is 26.2. The van der Waals surface area contributed by atoms with Crippen LogP contribution in [0, 0.1) is 0 Å². The van der Waals surface area contributed by atoms with Crippen LogP contribution in [0.4, 0.5) is 0 Å². The van der Waals surface area contributed by atoms with Gasteiger partial charge in [-0.15, -0.1) is 0 Å². The molecule has 136 valence electrons. The summed E-state index contributed by atoms with van der Waals surface area (Å²) in [5, 5.41) is 23.4. The van der Waals surface area contributed by atoms with Crippen molar-refractivity contribution in [3.63, 3.8) is 0 Å². The molecule has 0 bridgehead atoms. The fourth-order valence-corrected chi connectivity index (χ4v) is 3.05. The Morgan fingerprint density at radius 2 is 1.79 bits per heavy atom. The second kappa shape index (κ2) is 7.85. The lowest BCUT2D eigenvalue weighted by molar-refractivity contribution is 0.0121. The smallest absolute Gasteiger partial charge is 0.119 e. The van der Waals surface area contributed by atoms with Crippen molar-refractivity contribution in [3.05, 3.63) is 29.8 Å². The van der Waals surface area contributed by atoms with E-state index >= 15 is 0 Å². The summed E-state index contributed by atoms with van der Waals surface area (Å²) in [6.45, 7) is 9.25. The highest BCUT2D eigenvalue weighted by Gasteiger charge is 2.28. The standard InChI is InChI=1S/C20H33NO3/c1-19(2,3)15-5-7-18(8-6-15)24-14-17(22)13-21-16-9-11-20(4,23)12-10-16/h5-8,16-17,21-23H,9-14H2,1-4H3. The minimum Gasteiger partial charge on any atom is -0.491 e. The first-order chi connectivity index (χ1) is 11.2. The van der Waals surface area contributed by atoms with Crippen LogP contribution < -0.4 is 10.1 Å². The number of hydrogen-bond donors (Lipinski definition) is 3. The first-order valence-corrected chi connectivity index (χ1v) is 9.03. The molecular formula is C20H33NO3. The van der Waals surface area contributed by atoms with Crippen LogP contribution in [0.25, 0.3) is 0 Å². The molecule has 0 radical (unpaired) electrons. The molecule has 1 unspecified atom stereocenters. The third-order valence-corrected chi connectivity index (χ3v) is 4.87. The number of aliphatic hydroxyl groups excluding tert-OH is 1. The van der Waals surface area contributed by atoms with Crippen molar-refractivity contribution in [1.82, 2.24) is 5.32 Å². The number of benzene rings is 1. The van der Waals surface area contributed by atoms with Crippen LogP contribution in [0.3, 0.4) is 0 Å². The number of hydrogen-bond acceptors (Lipinski definition) is 4. The summed E-state index contributed by atoms with van der Waals surface area (Å²) in [6.07, 6.45) is 3.01. The molecule has 1 aliphatic carbocycles. The van der Waals surface area contributed by atoms with Crippen molar-refractivity contribution < 1.29 is 14.9 Å². The van der Waals surface area contributed by atoms with Gasteiger partial charge >= 0.3 is 0 Å². The van der Waals surface area contributed by atoms with Crippen molar-refractivity contribution >= 4 is 0 Å². The van der Waals surface area contributed by atoms with Crippen LogP contribution >= 0.6 is 0 Å². The molecule has 3 N–H and O–H groups in total. The van der Waals surface area contributed by atoms with E-state index in [1.54, 1.807) is 0 Å². The Labute approximate surface area is 146 Å². The molecule has 1 aliphatic rings. The van der Waals surface area contributed by atoms with Crippen molar-refractivity contribution in [2.75, 3.05) is 13.2 Å². The highest BCUT2D eigenvalue weighted by atomic mass is 16.5. The molecule has 1 aromatic carbocycles. The van der Waals surface area contributed by atoms with Crippen LogP contribution in [0.1, 0.15) is 58.9 Å². The topological polar surface area (TPSA) is 61.7 Å². The fourth-order valence-electron chi connectivity index (χ4n) is 3.05. The summed E-state index contributed by atoms with van der Waals surface area (Å²) in [4.78, 5) is 0. The van der Waals surface area contributed by atoms with E-state index in [0.717, 1.165) is 31.4 Å². The van der Waals surface area contributed by atoms with Crippen molar-refractivity contribution in [1.29, 1.82) is 0 Å². The van der Waals surface area contributed by atoms with Gasteiger partial charge in [-0.1, -0.05) is 32.9 Å². The number of aliphatic hydroxyl groups is 2. The predicted octanol–water partition coefficient (Wildman–Crippen LogP) is 3.01. The van der Waals surface area contributed by atoms with Crippen molar-refractivity contribution in [2.45, 2.75) is 76.5 Å². The van der Waals surface area contributed by atoms with Gasteiger partial charge in [0.2, 0.25) is 0 Å². The van der Waals surface area contributed by atoms with Gasteiger partial charge in [0.15, 0.2) is 0 Å². The summed E-state index contributed by atoms with van der Waals surface area (Å²) in [5.74, 6) is 0.788. The third kappa shape index (κ3) is 6.08. The SMILES string of the molecule is CC1(O)CCC(NCC(O)COc2ccc(C(C)(C)C)cc2)CC1. The van der Waals surface area contributed by atoms with E-state index in [1.807, 2.05) is 19.1 Å². The molecule has 1 saturated carbocycles. The number of nitrogens with one attached hydrogen (secondary N) is 1. The molecule has 2 rings (SSSR count). The van der Waals surface area contributed by atoms with Crippen LogP contribution in [0.15, 0.2) is 24.3 Å².